The first kappa shape index (κ1) is 68.2. The third kappa shape index (κ3) is 15.5. The molecule has 0 aliphatic carbocycles. The molecule has 4 aliphatic rings. The van der Waals surface area contributed by atoms with E-state index in [1.54, 1.807) is 10.6 Å². The zero-order valence-electron chi connectivity index (χ0n) is 51.5. The smallest absolute Gasteiger partial charge is 0.327 e. The van der Waals surface area contributed by atoms with Crippen molar-refractivity contribution in [3.63, 3.8) is 0 Å². The number of carbonyl (C=O) groups is 2. The van der Waals surface area contributed by atoms with Gasteiger partial charge in [-0.1, -0.05) is 70.2 Å². The van der Waals surface area contributed by atoms with Crippen LogP contribution in [-0.2, 0) is 84.8 Å². The van der Waals surface area contributed by atoms with Crippen molar-refractivity contribution in [2.24, 2.45) is 4.99 Å². The van der Waals surface area contributed by atoms with E-state index in [2.05, 4.69) is 23.7 Å². The number of rotatable bonds is 28. The molecule has 0 saturated carbocycles. The molecular formula is C64H80N6O15S4. The number of aryl methyl sites for hydroxylation is 1. The molecule has 21 nitrogen and oxygen atoms in total. The van der Waals surface area contributed by atoms with Gasteiger partial charge in [0.25, 0.3) is 20.2 Å². The van der Waals surface area contributed by atoms with Crippen LogP contribution in [0.15, 0.2) is 136 Å². The quantitative estimate of drug-likeness (QED) is 0.0234. The molecule has 3 aromatic carbocycles. The average Bonchev–Trinajstić information content (AvgIpc) is 1.63. The number of unbranched alkanes of at least 4 members (excludes halogenated alkanes) is 4. The first-order valence-electron chi connectivity index (χ1n) is 29.8. The number of anilines is 2. The van der Waals surface area contributed by atoms with E-state index in [-0.39, 0.29) is 54.5 Å². The van der Waals surface area contributed by atoms with Crippen LogP contribution in [0.25, 0.3) is 0 Å². The Balaban J connectivity index is 0.941. The van der Waals surface area contributed by atoms with Gasteiger partial charge >= 0.3 is 11.8 Å². The van der Waals surface area contributed by atoms with Gasteiger partial charge in [0.05, 0.1) is 48.1 Å². The SMILES string of the molecule is CC1(C)C(=CC=CC2=[N+](CCCCCC(=O)O)c3ccc(S(=O)(=O)O)cc3C2(C)C)N(CCCS(=O)(=O)[O-])c2ccc(CNC(=O)CCCCC[n+]3cc(S(=O)(=O)O)cc4c3N=C(/C=C/C=C3/N(CCCS(=O)(=O)[O-])c5ccccc5C3(C)C)C4(C)C)cc21. The fourth-order valence-electron chi connectivity index (χ4n) is 12.7. The molecule has 0 radical (unpaired) electrons. The summed E-state index contributed by atoms with van der Waals surface area (Å²) in [5.41, 5.74) is 7.01. The summed E-state index contributed by atoms with van der Waals surface area (Å²) in [6.07, 6.45) is 16.6. The Morgan fingerprint density at radius 1 is 0.596 bits per heavy atom. The highest BCUT2D eigenvalue weighted by Crippen LogP contribution is 2.50. The molecule has 1 aromatic heterocycles. The molecule has 4 aliphatic heterocycles. The van der Waals surface area contributed by atoms with E-state index >= 15 is 0 Å². The number of nitrogens with one attached hydrogen (secondary N) is 1. The van der Waals surface area contributed by atoms with Crippen molar-refractivity contribution in [2.75, 3.05) is 40.9 Å². The Kier molecular flexibility index (Phi) is 20.1. The molecule has 0 unspecified atom stereocenters. The van der Waals surface area contributed by atoms with Crippen molar-refractivity contribution < 1.29 is 75.7 Å². The lowest BCUT2D eigenvalue weighted by atomic mass is 9.81. The Bertz CT molecular complexity index is 4120. The van der Waals surface area contributed by atoms with Gasteiger partial charge in [-0.25, -0.2) is 21.4 Å². The monoisotopic (exact) mass is 1300 g/mol. The van der Waals surface area contributed by atoms with Crippen molar-refractivity contribution in [2.45, 2.75) is 164 Å². The molecular weight excluding hydrogens is 1220 g/mol. The lowest BCUT2D eigenvalue weighted by molar-refractivity contribution is -0.686. The third-order valence-electron chi connectivity index (χ3n) is 17.5. The lowest BCUT2D eigenvalue weighted by Gasteiger charge is -2.27. The zero-order valence-corrected chi connectivity index (χ0v) is 54.8. The summed E-state index contributed by atoms with van der Waals surface area (Å²) in [4.78, 5) is 33.1. The summed E-state index contributed by atoms with van der Waals surface area (Å²) >= 11 is 0. The van der Waals surface area contributed by atoms with Crippen LogP contribution in [-0.4, -0.2) is 116 Å². The second kappa shape index (κ2) is 26.3. The Hall–Kier alpha value is -6.71. The molecule has 0 fully saturated rings. The van der Waals surface area contributed by atoms with Crippen LogP contribution in [0.3, 0.4) is 0 Å². The minimum absolute atomic E-state index is 0.0366. The highest BCUT2D eigenvalue weighted by Gasteiger charge is 2.47. The number of aliphatic imine (C=N–C) groups is 1. The number of amides is 1. The number of aromatic nitrogens is 1. The number of carboxylic acid groups (broad SMARTS) is 1. The third-order valence-corrected chi connectivity index (χ3v) is 20.7. The first-order chi connectivity index (χ1) is 41.4. The number of allylic oxidation sites excluding steroid dienone is 8. The number of carbonyl (C=O) groups excluding carboxylic acids is 1. The molecule has 4 N–H and O–H groups in total. The number of hydrogen-bond donors (Lipinski definition) is 4. The number of benzene rings is 3. The molecule has 4 aromatic rings. The van der Waals surface area contributed by atoms with Gasteiger partial charge in [0.15, 0.2) is 11.4 Å². The summed E-state index contributed by atoms with van der Waals surface area (Å²) in [6.45, 7) is 17.5. The maximum Gasteiger partial charge on any atom is 0.327 e. The van der Waals surface area contributed by atoms with Gasteiger partial charge in [-0.3, -0.25) is 18.7 Å². The van der Waals surface area contributed by atoms with Gasteiger partial charge < -0.3 is 29.3 Å². The standard InChI is InChI=1S/C64H80N6O15S4/c1-61(2)50-41-46(89(83,84)85)43-67(60(50)66-54(61)23-17-24-55-62(3,4)47-21-13-14-22-51(47)69(55)35-19-37-86(74,75)76)33-15-9-11-27-58(71)65-42-44-29-31-52-48(39-44)63(5,6)56(70(52)36-20-38-87(77,78)79)25-18-26-57-64(7,8)49-40-45(88(80,81)82)30-32-53(49)68(57)34-16-10-12-28-59(72)73/h13-14,17-18,21-26,29-32,39-41,43H,9-12,15-16,19-20,27-28,33-38,42H2,1-8H3,(H4-2,65,71,72,73,74,75,76,77,78,79,80,81,82,83,84,85). The largest absolute Gasteiger partial charge is 0.748 e. The number of fused-ring (bicyclic) bond motifs is 4. The van der Waals surface area contributed by atoms with E-state index in [1.807, 2.05) is 130 Å². The van der Waals surface area contributed by atoms with E-state index in [0.29, 0.717) is 80.8 Å². The second-order valence-corrected chi connectivity index (χ2v) is 31.2. The Labute approximate surface area is 523 Å². The zero-order chi connectivity index (χ0) is 65.3. The van der Waals surface area contributed by atoms with E-state index in [4.69, 9.17) is 4.99 Å². The topological polar surface area (TPSA) is 315 Å². The van der Waals surface area contributed by atoms with E-state index in [1.165, 1.54) is 24.4 Å². The molecule has 0 spiro atoms. The highest BCUT2D eigenvalue weighted by atomic mass is 32.2. The Morgan fingerprint density at radius 2 is 1.16 bits per heavy atom. The minimum Gasteiger partial charge on any atom is -0.748 e. The maximum absolute atomic E-state index is 13.4. The van der Waals surface area contributed by atoms with Gasteiger partial charge in [-0.05, 0) is 143 Å². The van der Waals surface area contributed by atoms with Gasteiger partial charge in [0, 0.05) is 102 Å². The molecule has 5 heterocycles. The predicted molar refractivity (Wildman–Crippen MR) is 339 cm³/mol. The van der Waals surface area contributed by atoms with E-state index < -0.39 is 79.6 Å². The van der Waals surface area contributed by atoms with E-state index in [0.717, 1.165) is 50.9 Å². The van der Waals surface area contributed by atoms with Crippen molar-refractivity contribution in [3.05, 3.63) is 149 Å². The van der Waals surface area contributed by atoms with Crippen LogP contribution >= 0.6 is 0 Å². The van der Waals surface area contributed by atoms with Crippen LogP contribution in [0.4, 0.5) is 22.9 Å². The fraction of sp³-hybridized carbons (Fsp3) is 0.453. The number of aliphatic carboxylic acids is 1. The van der Waals surface area contributed by atoms with Gasteiger partial charge in [-0.15, -0.1) is 0 Å². The van der Waals surface area contributed by atoms with Crippen LogP contribution in [0.2, 0.25) is 0 Å². The van der Waals surface area contributed by atoms with Gasteiger partial charge in [0.1, 0.15) is 17.6 Å². The summed E-state index contributed by atoms with van der Waals surface area (Å²) in [5, 5.41) is 12.2. The predicted octanol–water partition coefficient (Wildman–Crippen LogP) is 9.08. The summed E-state index contributed by atoms with van der Waals surface area (Å²) < 4.78 is 144. The summed E-state index contributed by atoms with van der Waals surface area (Å²) in [7, 11) is -18.1. The number of pyridine rings is 1. The molecule has 25 heteroatoms. The number of hydrogen-bond acceptors (Lipinski definition) is 15. The normalized spacial score (nSPS) is 18.3. The van der Waals surface area contributed by atoms with Crippen LogP contribution in [0, 0.1) is 0 Å². The molecule has 1 amide bonds. The molecule has 89 heavy (non-hydrogen) atoms. The number of carboxylic acids is 1. The minimum atomic E-state index is -4.62. The van der Waals surface area contributed by atoms with Gasteiger partial charge in [-0.2, -0.15) is 21.4 Å². The molecule has 0 saturated heterocycles. The summed E-state index contributed by atoms with van der Waals surface area (Å²) in [6, 6.07) is 19.6. The molecule has 480 valence electrons. The van der Waals surface area contributed by atoms with Crippen LogP contribution < -0.4 is 19.7 Å². The maximum atomic E-state index is 13.4. The fourth-order valence-corrected chi connectivity index (χ4v) is 14.7. The van der Waals surface area contributed by atoms with Crippen LogP contribution in [0.1, 0.15) is 147 Å². The average molecular weight is 1300 g/mol. The van der Waals surface area contributed by atoms with Crippen molar-refractivity contribution in [1.29, 1.82) is 0 Å². The highest BCUT2D eigenvalue weighted by molar-refractivity contribution is 7.86. The van der Waals surface area contributed by atoms with Crippen molar-refractivity contribution in [1.82, 2.24) is 5.32 Å². The molecule has 0 bridgehead atoms. The number of nitrogens with zero attached hydrogens (tertiary/aromatic N) is 5. The number of para-hydroxylation sites is 1. The second-order valence-electron chi connectivity index (χ2n) is 25.3. The van der Waals surface area contributed by atoms with Gasteiger partial charge in [0.2, 0.25) is 11.6 Å². The van der Waals surface area contributed by atoms with Crippen molar-refractivity contribution in [3.8, 4) is 0 Å². The summed E-state index contributed by atoms with van der Waals surface area (Å²) in [5.74, 6) is -1.60. The lowest BCUT2D eigenvalue weighted by Crippen LogP contribution is -2.36. The Morgan fingerprint density at radius 3 is 1.76 bits per heavy atom. The van der Waals surface area contributed by atoms with Crippen LogP contribution in [0.5, 0.6) is 0 Å². The molecule has 8 rings (SSSR count). The van der Waals surface area contributed by atoms with E-state index in [9.17, 15) is 66.6 Å². The van der Waals surface area contributed by atoms with Crippen molar-refractivity contribution >= 4 is 86.7 Å². The molecule has 0 atom stereocenters. The first-order valence-corrected chi connectivity index (χ1v) is 35.8.